The second-order valence-electron chi connectivity index (χ2n) is 7.84. The molecule has 1 atom stereocenters. The topological polar surface area (TPSA) is 421 Å². The second kappa shape index (κ2) is 17.6. The Labute approximate surface area is 236 Å². The van der Waals surface area contributed by atoms with Crippen LogP contribution < -0.4 is 27.3 Å². The van der Waals surface area contributed by atoms with Crippen molar-refractivity contribution in [3.05, 3.63) is 56.8 Å². The number of nitrogens with one attached hydrogen (secondary N) is 3. The van der Waals surface area contributed by atoms with Gasteiger partial charge in [-0.1, -0.05) is 6.08 Å². The van der Waals surface area contributed by atoms with E-state index in [0.717, 1.165) is 17.7 Å². The normalized spacial score (nSPS) is 13.5. The molecule has 21 heteroatoms. The van der Waals surface area contributed by atoms with Crippen molar-refractivity contribution in [3.8, 4) is 0 Å². The maximum absolute atomic E-state index is 11.9. The van der Waals surface area contributed by atoms with Crippen LogP contribution in [0.25, 0.3) is 11.2 Å². The molecular weight excluding hydrogens is 568 g/mol. The Morgan fingerprint density at radius 1 is 1.02 bits per heavy atom. The number of nitrogen functional groups attached to an aromatic ring is 1. The molecule has 0 aromatic carbocycles. The van der Waals surface area contributed by atoms with E-state index in [-0.39, 0.29) is 56.4 Å². The van der Waals surface area contributed by atoms with E-state index in [2.05, 4.69) is 35.3 Å². The minimum atomic E-state index is -1.06. The highest BCUT2D eigenvalue weighted by Gasteiger charge is 2.33. The molecule has 3 aromatic heterocycles. The number of anilines is 2. The van der Waals surface area contributed by atoms with E-state index >= 15 is 0 Å². The number of allylic oxidation sites excluding steroid dienone is 2. The summed E-state index contributed by atoms with van der Waals surface area (Å²) in [5.41, 5.74) is 11.3. The number of H-pyrrole nitrogens is 2. The van der Waals surface area contributed by atoms with Gasteiger partial charge in [-0.25, -0.2) is 29.4 Å². The summed E-state index contributed by atoms with van der Waals surface area (Å²) in [7, 11) is 0. The Kier molecular flexibility index (Phi) is 18.5. The maximum Gasteiger partial charge on any atom is 0.327 e. The van der Waals surface area contributed by atoms with E-state index in [0.29, 0.717) is 22.7 Å². The van der Waals surface area contributed by atoms with Crippen molar-refractivity contribution in [2.45, 2.75) is 26.8 Å². The summed E-state index contributed by atoms with van der Waals surface area (Å²) in [6, 6.07) is -0.426. The number of aliphatic carboxylic acids is 1. The minimum absolute atomic E-state index is 0. The van der Waals surface area contributed by atoms with Gasteiger partial charge in [0.05, 0.1) is 11.8 Å². The fourth-order valence-corrected chi connectivity index (χ4v) is 3.73. The van der Waals surface area contributed by atoms with Gasteiger partial charge in [-0.15, -0.1) is 0 Å². The molecule has 21 nitrogen and oxygen atoms in total. The molecule has 5 rings (SSSR count). The molecule has 1 unspecified atom stereocenters. The van der Waals surface area contributed by atoms with Crippen LogP contribution in [0.4, 0.5) is 17.3 Å². The van der Waals surface area contributed by atoms with Gasteiger partial charge in [-0.2, -0.15) is 0 Å². The number of aromatic amines is 2. The second-order valence-corrected chi connectivity index (χ2v) is 7.84. The van der Waals surface area contributed by atoms with Gasteiger partial charge >= 0.3 is 11.7 Å². The molecule has 20 N–H and O–H groups in total. The number of imidazole rings is 1. The molecule has 238 valence electrons. The Bertz CT molecular complexity index is 1530. The van der Waals surface area contributed by atoms with Crippen LogP contribution >= 0.6 is 0 Å². The molecule has 0 radical (unpaired) electrons. The fraction of sp³-hybridized carbons (Fsp3) is 0.286. The lowest BCUT2D eigenvalue weighted by Crippen LogP contribution is -2.47. The van der Waals surface area contributed by atoms with Crippen molar-refractivity contribution >= 4 is 40.2 Å². The number of fused-ring (bicyclic) bond motifs is 3. The van der Waals surface area contributed by atoms with Crippen LogP contribution in [0, 0.1) is 0 Å². The van der Waals surface area contributed by atoms with Crippen molar-refractivity contribution in [3.63, 3.8) is 0 Å². The standard InChI is InChI=1S/C14H14N4O4.C7H10N6.7H2O/c1-6-3-8-9(4-7(6)2)18(5-10(19)20)12-11(15-8)13(21)17-14(22)16-12;1-2-12-13-4-11-5-6(8)9-3-10-7(5)13;;;;;;;/h3-4,9H,5H2,1-2H3,(H,19,20)(H2,16,17,21,22);3-4,12H,2H2,1H3,(H2,8,9,10);7*1H2. The number of nitrogens with zero attached hydrogens (tertiary/aromatic N) is 6. The predicted octanol–water partition coefficient (Wildman–Crippen LogP) is -5.49. The van der Waals surface area contributed by atoms with Gasteiger partial charge in [0.25, 0.3) is 5.56 Å². The summed E-state index contributed by atoms with van der Waals surface area (Å²) < 4.78 is 1.73. The molecule has 1 aliphatic heterocycles. The smallest absolute Gasteiger partial charge is 0.327 e. The van der Waals surface area contributed by atoms with E-state index in [1.807, 2.05) is 32.9 Å². The van der Waals surface area contributed by atoms with E-state index < -0.39 is 23.3 Å². The Morgan fingerprint density at radius 3 is 2.26 bits per heavy atom. The molecule has 1 aliphatic carbocycles. The number of nitrogens with two attached hydrogens (primary N) is 1. The molecule has 0 bridgehead atoms. The van der Waals surface area contributed by atoms with E-state index in [9.17, 15) is 14.4 Å². The molecule has 4 heterocycles. The lowest BCUT2D eigenvalue weighted by atomic mass is 9.93. The Balaban J connectivity index is -0.000000320. The van der Waals surface area contributed by atoms with Gasteiger partial charge in [-0.05, 0) is 38.0 Å². The molecule has 0 saturated heterocycles. The van der Waals surface area contributed by atoms with Crippen molar-refractivity contribution in [2.24, 2.45) is 4.99 Å². The third kappa shape index (κ3) is 8.48. The Morgan fingerprint density at radius 2 is 1.67 bits per heavy atom. The quantitative estimate of drug-likeness (QED) is 0.187. The number of aromatic nitrogens is 6. The first kappa shape index (κ1) is 44.0. The number of carboxylic acid groups (broad SMARTS) is 1. The lowest BCUT2D eigenvalue weighted by molar-refractivity contribution is -0.135. The number of carbonyl (C=O) groups is 1. The zero-order valence-corrected chi connectivity index (χ0v) is 22.7. The zero-order chi connectivity index (χ0) is 25.3. The highest BCUT2D eigenvalue weighted by Crippen LogP contribution is 2.32. The van der Waals surface area contributed by atoms with Gasteiger partial charge in [0.1, 0.15) is 25.0 Å². The average Bonchev–Trinajstić information content (AvgIpc) is 3.20. The summed E-state index contributed by atoms with van der Waals surface area (Å²) in [4.78, 5) is 57.0. The molecule has 0 spiro atoms. The SMILES string of the molecule is CC1=CC2=Nc3c([nH]c(=O)[nH]c3=O)N(CC(=O)O)C2C=C1C.CCNn1cnc2c(N)ncnc21.O.O.O.O.O.O.O. The average molecular weight is 607 g/mol. The van der Waals surface area contributed by atoms with Gasteiger partial charge in [0, 0.05) is 6.54 Å². The van der Waals surface area contributed by atoms with E-state index in [1.165, 1.54) is 11.2 Å². The van der Waals surface area contributed by atoms with Gasteiger partial charge in [0.15, 0.2) is 22.7 Å². The van der Waals surface area contributed by atoms with Crippen LogP contribution in [0.15, 0.2) is 50.5 Å². The van der Waals surface area contributed by atoms with Crippen molar-refractivity contribution in [1.29, 1.82) is 0 Å². The van der Waals surface area contributed by atoms with Crippen LogP contribution in [0.1, 0.15) is 20.8 Å². The monoisotopic (exact) mass is 606 g/mol. The van der Waals surface area contributed by atoms with E-state index in [1.54, 1.807) is 11.0 Å². The summed E-state index contributed by atoms with van der Waals surface area (Å²) in [5, 5.41) is 9.14. The molecule has 2 aliphatic rings. The van der Waals surface area contributed by atoms with Crippen LogP contribution in [-0.4, -0.2) is 104 Å². The molecular formula is C21H38N10O11. The van der Waals surface area contributed by atoms with Crippen LogP contribution in [0.5, 0.6) is 0 Å². The molecule has 3 aromatic rings. The number of carboxylic acids is 1. The minimum Gasteiger partial charge on any atom is -0.480 e. The van der Waals surface area contributed by atoms with Gasteiger partial charge in [0.2, 0.25) is 0 Å². The highest BCUT2D eigenvalue weighted by molar-refractivity contribution is 6.09. The first-order valence-electron chi connectivity index (χ1n) is 10.7. The van der Waals surface area contributed by atoms with Crippen LogP contribution in [-0.2, 0) is 4.79 Å². The fourth-order valence-electron chi connectivity index (χ4n) is 3.73. The van der Waals surface area contributed by atoms with Crippen LogP contribution in [0.2, 0.25) is 0 Å². The maximum atomic E-state index is 11.9. The molecule has 42 heavy (non-hydrogen) atoms. The van der Waals surface area contributed by atoms with Crippen molar-refractivity contribution in [2.75, 3.05) is 29.1 Å². The number of rotatable bonds is 4. The largest absolute Gasteiger partial charge is 0.480 e. The summed E-state index contributed by atoms with van der Waals surface area (Å²) >= 11 is 0. The highest BCUT2D eigenvalue weighted by atomic mass is 16.4. The third-order valence-electron chi connectivity index (χ3n) is 5.46. The molecule has 0 amide bonds. The van der Waals surface area contributed by atoms with Crippen molar-refractivity contribution < 1.29 is 48.2 Å². The van der Waals surface area contributed by atoms with Crippen molar-refractivity contribution in [1.82, 2.24) is 29.6 Å². The first-order valence-corrected chi connectivity index (χ1v) is 10.7. The first-order chi connectivity index (χ1) is 16.7. The van der Waals surface area contributed by atoms with E-state index in [4.69, 9.17) is 10.8 Å². The molecule has 0 saturated carbocycles. The summed E-state index contributed by atoms with van der Waals surface area (Å²) in [6.45, 7) is 6.27. The number of hydrogen-bond acceptors (Lipinski definition) is 10. The third-order valence-corrected chi connectivity index (χ3v) is 5.46. The van der Waals surface area contributed by atoms with Gasteiger partial charge < -0.3 is 59.5 Å². The predicted molar refractivity (Wildman–Crippen MR) is 156 cm³/mol. The Hall–Kier alpha value is -5.03. The lowest BCUT2D eigenvalue weighted by Gasteiger charge is -2.36. The molecule has 0 fully saturated rings. The number of aliphatic imine (C=N–C) groups is 1. The summed E-state index contributed by atoms with van der Waals surface area (Å²) in [5.74, 6) is -0.533. The zero-order valence-electron chi connectivity index (χ0n) is 22.7. The number of hydrogen-bond donors (Lipinski definition) is 5. The summed E-state index contributed by atoms with van der Waals surface area (Å²) in [6.07, 6.45) is 6.76. The van der Waals surface area contributed by atoms with Crippen LogP contribution in [0.3, 0.4) is 0 Å². The van der Waals surface area contributed by atoms with Gasteiger partial charge in [-0.3, -0.25) is 19.6 Å².